The molecular weight excluding hydrogens is 368 g/mol. The van der Waals surface area contributed by atoms with Gasteiger partial charge in [-0.2, -0.15) is 0 Å². The standard InChI is InChI=1S/C22H28N4O3/c1-3-29-20-9-5-4-8-18(20)16-26-12-11-24-22(28)19(26)13-21(27)25(2)15-17-7-6-10-23-14-17/h4-10,14,19H,3,11-13,15-16H2,1-2H3,(H,24,28). The largest absolute Gasteiger partial charge is 0.494 e. The summed E-state index contributed by atoms with van der Waals surface area (Å²) in [6.45, 7) is 4.83. The molecule has 2 heterocycles. The van der Waals surface area contributed by atoms with Crippen LogP contribution in [0.25, 0.3) is 0 Å². The summed E-state index contributed by atoms with van der Waals surface area (Å²) < 4.78 is 5.72. The molecule has 0 bridgehead atoms. The maximum absolute atomic E-state index is 12.8. The second kappa shape index (κ2) is 10.0. The molecule has 2 aromatic rings. The van der Waals surface area contributed by atoms with Crippen LogP contribution >= 0.6 is 0 Å². The van der Waals surface area contributed by atoms with Crippen LogP contribution in [-0.4, -0.2) is 59.4 Å². The lowest BCUT2D eigenvalue weighted by Gasteiger charge is -2.35. The van der Waals surface area contributed by atoms with Gasteiger partial charge in [-0.05, 0) is 24.6 Å². The van der Waals surface area contributed by atoms with Gasteiger partial charge in [-0.25, -0.2) is 0 Å². The van der Waals surface area contributed by atoms with Crippen molar-refractivity contribution in [1.29, 1.82) is 0 Å². The van der Waals surface area contributed by atoms with E-state index in [0.717, 1.165) is 16.9 Å². The molecule has 1 fully saturated rings. The summed E-state index contributed by atoms with van der Waals surface area (Å²) in [6.07, 6.45) is 3.59. The molecule has 1 aromatic heterocycles. The van der Waals surface area contributed by atoms with Gasteiger partial charge in [0.1, 0.15) is 5.75 Å². The van der Waals surface area contributed by atoms with Gasteiger partial charge in [0.2, 0.25) is 11.8 Å². The topological polar surface area (TPSA) is 74.8 Å². The fraction of sp³-hybridized carbons (Fsp3) is 0.409. The molecule has 1 N–H and O–H groups in total. The fourth-order valence-corrected chi connectivity index (χ4v) is 3.50. The molecule has 1 unspecified atom stereocenters. The van der Waals surface area contributed by atoms with Gasteiger partial charge in [0.25, 0.3) is 0 Å². The molecule has 154 valence electrons. The highest BCUT2D eigenvalue weighted by atomic mass is 16.5. The number of nitrogens with one attached hydrogen (secondary N) is 1. The first kappa shape index (κ1) is 20.8. The number of aromatic nitrogens is 1. The Hall–Kier alpha value is -2.93. The number of carbonyl (C=O) groups excluding carboxylic acids is 2. The first-order chi connectivity index (χ1) is 14.1. The Morgan fingerprint density at radius 2 is 2.14 bits per heavy atom. The maximum atomic E-state index is 12.8. The van der Waals surface area contributed by atoms with E-state index in [4.69, 9.17) is 4.74 Å². The molecule has 1 atom stereocenters. The summed E-state index contributed by atoms with van der Waals surface area (Å²) >= 11 is 0. The van der Waals surface area contributed by atoms with Crippen LogP contribution in [-0.2, 0) is 22.7 Å². The number of benzene rings is 1. The van der Waals surface area contributed by atoms with E-state index in [0.29, 0.717) is 32.8 Å². The molecule has 1 aromatic carbocycles. The molecule has 0 spiro atoms. The van der Waals surface area contributed by atoms with Gasteiger partial charge in [-0.15, -0.1) is 0 Å². The Bertz CT molecular complexity index is 828. The van der Waals surface area contributed by atoms with Gasteiger partial charge in [-0.3, -0.25) is 19.5 Å². The summed E-state index contributed by atoms with van der Waals surface area (Å²) in [5, 5.41) is 2.89. The number of para-hydroxylation sites is 1. The van der Waals surface area contributed by atoms with Gasteiger partial charge in [-0.1, -0.05) is 24.3 Å². The first-order valence-corrected chi connectivity index (χ1v) is 9.93. The number of pyridine rings is 1. The van der Waals surface area contributed by atoms with E-state index >= 15 is 0 Å². The average Bonchev–Trinajstić information content (AvgIpc) is 2.72. The Morgan fingerprint density at radius 3 is 2.90 bits per heavy atom. The van der Waals surface area contributed by atoms with Crippen LogP contribution in [0.3, 0.4) is 0 Å². The van der Waals surface area contributed by atoms with Crippen LogP contribution in [0.4, 0.5) is 0 Å². The minimum absolute atomic E-state index is 0.0704. The van der Waals surface area contributed by atoms with Crippen molar-refractivity contribution >= 4 is 11.8 Å². The quantitative estimate of drug-likeness (QED) is 0.737. The van der Waals surface area contributed by atoms with Gasteiger partial charge in [0.15, 0.2) is 0 Å². The Kier molecular flexibility index (Phi) is 7.19. The monoisotopic (exact) mass is 396 g/mol. The van der Waals surface area contributed by atoms with E-state index in [1.54, 1.807) is 24.3 Å². The zero-order valence-electron chi connectivity index (χ0n) is 17.0. The number of ether oxygens (including phenoxy) is 1. The van der Waals surface area contributed by atoms with Crippen molar-refractivity contribution in [2.45, 2.75) is 32.5 Å². The van der Waals surface area contributed by atoms with E-state index in [2.05, 4.69) is 15.2 Å². The highest BCUT2D eigenvalue weighted by Gasteiger charge is 2.32. The maximum Gasteiger partial charge on any atom is 0.237 e. The summed E-state index contributed by atoms with van der Waals surface area (Å²) in [4.78, 5) is 33.2. The molecule has 1 aliphatic heterocycles. The summed E-state index contributed by atoms with van der Waals surface area (Å²) in [5.41, 5.74) is 1.98. The molecule has 7 nitrogen and oxygen atoms in total. The van der Waals surface area contributed by atoms with E-state index < -0.39 is 6.04 Å². The van der Waals surface area contributed by atoms with Crippen molar-refractivity contribution in [3.63, 3.8) is 0 Å². The van der Waals surface area contributed by atoms with Crippen LogP contribution in [0, 0.1) is 0 Å². The summed E-state index contributed by atoms with van der Waals surface area (Å²) in [6, 6.07) is 11.1. The Balaban J connectivity index is 1.68. The zero-order chi connectivity index (χ0) is 20.6. The van der Waals surface area contributed by atoms with E-state index in [1.165, 1.54) is 0 Å². The number of nitrogens with zero attached hydrogens (tertiary/aromatic N) is 3. The van der Waals surface area contributed by atoms with Crippen molar-refractivity contribution in [2.75, 3.05) is 26.7 Å². The lowest BCUT2D eigenvalue weighted by molar-refractivity contribution is -0.138. The number of carbonyl (C=O) groups is 2. The van der Waals surface area contributed by atoms with Gasteiger partial charge >= 0.3 is 0 Å². The third-order valence-corrected chi connectivity index (χ3v) is 5.02. The zero-order valence-corrected chi connectivity index (χ0v) is 17.0. The van der Waals surface area contributed by atoms with Crippen molar-refractivity contribution in [3.8, 4) is 5.75 Å². The van der Waals surface area contributed by atoms with E-state index in [-0.39, 0.29) is 18.2 Å². The molecule has 1 saturated heterocycles. The molecule has 0 radical (unpaired) electrons. The van der Waals surface area contributed by atoms with Gasteiger partial charge < -0.3 is 15.0 Å². The molecular formula is C22H28N4O3. The van der Waals surface area contributed by atoms with Gasteiger partial charge in [0, 0.05) is 51.2 Å². The number of hydrogen-bond acceptors (Lipinski definition) is 5. The van der Waals surface area contributed by atoms with Gasteiger partial charge in [0.05, 0.1) is 19.1 Å². The molecule has 0 saturated carbocycles. The minimum Gasteiger partial charge on any atom is -0.494 e. The smallest absolute Gasteiger partial charge is 0.237 e. The molecule has 3 rings (SSSR count). The first-order valence-electron chi connectivity index (χ1n) is 9.93. The van der Waals surface area contributed by atoms with Crippen molar-refractivity contribution in [3.05, 3.63) is 59.9 Å². The fourth-order valence-electron chi connectivity index (χ4n) is 3.50. The third kappa shape index (κ3) is 5.54. The van der Waals surface area contributed by atoms with Crippen LogP contribution in [0.2, 0.25) is 0 Å². The van der Waals surface area contributed by atoms with Crippen molar-refractivity contribution in [2.24, 2.45) is 0 Å². The van der Waals surface area contributed by atoms with E-state index in [9.17, 15) is 9.59 Å². The normalized spacial score (nSPS) is 16.9. The summed E-state index contributed by atoms with van der Waals surface area (Å²) in [5.74, 6) is 0.645. The van der Waals surface area contributed by atoms with Crippen molar-refractivity contribution < 1.29 is 14.3 Å². The molecule has 7 heteroatoms. The number of hydrogen-bond donors (Lipinski definition) is 1. The Morgan fingerprint density at radius 1 is 1.31 bits per heavy atom. The van der Waals surface area contributed by atoms with Crippen LogP contribution < -0.4 is 10.1 Å². The van der Waals surface area contributed by atoms with Crippen LogP contribution in [0.15, 0.2) is 48.8 Å². The predicted molar refractivity (Wildman–Crippen MR) is 110 cm³/mol. The predicted octanol–water partition coefficient (Wildman–Crippen LogP) is 1.83. The average molecular weight is 396 g/mol. The number of piperazine rings is 1. The highest BCUT2D eigenvalue weighted by Crippen LogP contribution is 2.22. The second-order valence-electron chi connectivity index (χ2n) is 7.13. The lowest BCUT2D eigenvalue weighted by Crippen LogP contribution is -2.56. The summed E-state index contributed by atoms with van der Waals surface area (Å²) in [7, 11) is 1.75. The van der Waals surface area contributed by atoms with E-state index in [1.807, 2.05) is 43.3 Å². The van der Waals surface area contributed by atoms with Crippen LogP contribution in [0.5, 0.6) is 5.75 Å². The highest BCUT2D eigenvalue weighted by molar-refractivity contribution is 5.88. The molecule has 0 aliphatic carbocycles. The second-order valence-corrected chi connectivity index (χ2v) is 7.13. The third-order valence-electron chi connectivity index (χ3n) is 5.02. The minimum atomic E-state index is -0.498. The molecule has 1 aliphatic rings. The molecule has 2 amide bonds. The van der Waals surface area contributed by atoms with Crippen LogP contribution in [0.1, 0.15) is 24.5 Å². The number of amides is 2. The molecule has 29 heavy (non-hydrogen) atoms. The Labute approximate surface area is 171 Å². The number of rotatable bonds is 8. The lowest BCUT2D eigenvalue weighted by atomic mass is 10.1. The SMILES string of the molecule is CCOc1ccccc1CN1CCNC(=O)C1CC(=O)N(C)Cc1cccnc1. The van der Waals surface area contributed by atoms with Crippen molar-refractivity contribution in [1.82, 2.24) is 20.1 Å².